The molecule has 112 valence electrons. The molecule has 0 radical (unpaired) electrons. The van der Waals surface area contributed by atoms with E-state index in [4.69, 9.17) is 16.3 Å². The van der Waals surface area contributed by atoms with Crippen molar-refractivity contribution in [3.05, 3.63) is 53.7 Å². The van der Waals surface area contributed by atoms with Crippen LogP contribution in [0, 0.1) is 0 Å². The van der Waals surface area contributed by atoms with Crippen molar-refractivity contribution in [1.82, 2.24) is 4.98 Å². The van der Waals surface area contributed by atoms with Crippen LogP contribution in [0.1, 0.15) is 0 Å². The number of urea groups is 1. The first-order chi connectivity index (χ1) is 10.7. The van der Waals surface area contributed by atoms with Gasteiger partial charge in [0, 0.05) is 28.9 Å². The summed E-state index contributed by atoms with van der Waals surface area (Å²) >= 11 is 5.96. The Labute approximate surface area is 132 Å². The fraction of sp³-hybridized carbons (Fsp3) is 0.0625. The molecule has 22 heavy (non-hydrogen) atoms. The Morgan fingerprint density at radius 3 is 2.86 bits per heavy atom. The van der Waals surface area contributed by atoms with Gasteiger partial charge in [0.25, 0.3) is 0 Å². The van der Waals surface area contributed by atoms with Gasteiger partial charge < -0.3 is 20.4 Å². The lowest BCUT2D eigenvalue weighted by Gasteiger charge is -2.10. The van der Waals surface area contributed by atoms with E-state index in [1.165, 1.54) is 7.11 Å². The highest BCUT2D eigenvalue weighted by Crippen LogP contribution is 2.27. The van der Waals surface area contributed by atoms with E-state index >= 15 is 0 Å². The minimum absolute atomic E-state index is 0.335. The first-order valence-corrected chi connectivity index (χ1v) is 7.03. The highest BCUT2D eigenvalue weighted by atomic mass is 35.5. The largest absolute Gasteiger partial charge is 0.495 e. The summed E-state index contributed by atoms with van der Waals surface area (Å²) < 4.78 is 5.12. The van der Waals surface area contributed by atoms with E-state index in [1.54, 1.807) is 18.2 Å². The Balaban J connectivity index is 1.76. The first kappa shape index (κ1) is 14.3. The van der Waals surface area contributed by atoms with Gasteiger partial charge in [0.05, 0.1) is 17.8 Å². The highest BCUT2D eigenvalue weighted by molar-refractivity contribution is 6.32. The lowest BCUT2D eigenvalue weighted by molar-refractivity contribution is 0.262. The molecule has 0 spiro atoms. The molecule has 0 saturated heterocycles. The molecule has 0 bridgehead atoms. The Kier molecular flexibility index (Phi) is 3.89. The summed E-state index contributed by atoms with van der Waals surface area (Å²) in [7, 11) is 1.53. The maximum absolute atomic E-state index is 12.1. The number of benzene rings is 2. The van der Waals surface area contributed by atoms with Crippen molar-refractivity contribution >= 4 is 39.9 Å². The standard InChI is InChI=1S/C16H14ClN3O2/c1-22-15-9-10(5-6-12(15)17)19-16(21)20-14-4-2-3-13-11(14)7-8-18-13/h2-9,18H,1H3,(H2,19,20,21). The zero-order valence-electron chi connectivity index (χ0n) is 11.8. The van der Waals surface area contributed by atoms with Crippen LogP contribution in [0.2, 0.25) is 5.02 Å². The molecule has 2 aromatic carbocycles. The van der Waals surface area contributed by atoms with Gasteiger partial charge in [-0.05, 0) is 30.3 Å². The number of halogens is 1. The number of amides is 2. The number of anilines is 2. The van der Waals surface area contributed by atoms with Crippen molar-refractivity contribution in [3.8, 4) is 5.75 Å². The topological polar surface area (TPSA) is 66.2 Å². The molecule has 0 aliphatic rings. The molecule has 0 unspecified atom stereocenters. The third-order valence-electron chi connectivity index (χ3n) is 3.25. The molecule has 0 atom stereocenters. The second-order valence-corrected chi connectivity index (χ2v) is 5.08. The van der Waals surface area contributed by atoms with Gasteiger partial charge in [0.15, 0.2) is 0 Å². The molecule has 1 aromatic heterocycles. The molecule has 2 amide bonds. The number of rotatable bonds is 3. The van der Waals surface area contributed by atoms with Crippen molar-refractivity contribution < 1.29 is 9.53 Å². The third-order valence-corrected chi connectivity index (χ3v) is 3.56. The number of aromatic nitrogens is 1. The number of H-pyrrole nitrogens is 1. The van der Waals surface area contributed by atoms with Gasteiger partial charge >= 0.3 is 6.03 Å². The van der Waals surface area contributed by atoms with Crippen LogP contribution in [0.25, 0.3) is 10.9 Å². The van der Waals surface area contributed by atoms with Crippen LogP contribution < -0.4 is 15.4 Å². The van der Waals surface area contributed by atoms with Gasteiger partial charge in [-0.1, -0.05) is 17.7 Å². The summed E-state index contributed by atoms with van der Waals surface area (Å²) in [6.07, 6.45) is 1.83. The second kappa shape index (κ2) is 5.99. The van der Waals surface area contributed by atoms with Crippen LogP contribution in [0.3, 0.4) is 0 Å². The number of fused-ring (bicyclic) bond motifs is 1. The molecule has 5 nitrogen and oxygen atoms in total. The molecule has 3 aromatic rings. The van der Waals surface area contributed by atoms with Crippen LogP contribution in [-0.4, -0.2) is 18.1 Å². The summed E-state index contributed by atoms with van der Waals surface area (Å²) in [6, 6.07) is 12.3. The van der Waals surface area contributed by atoms with Crippen molar-refractivity contribution in [2.45, 2.75) is 0 Å². The number of carbonyl (C=O) groups excluding carboxylic acids is 1. The fourth-order valence-electron chi connectivity index (χ4n) is 2.22. The van der Waals surface area contributed by atoms with Gasteiger partial charge in [-0.2, -0.15) is 0 Å². The van der Waals surface area contributed by atoms with Crippen LogP contribution >= 0.6 is 11.6 Å². The predicted octanol–water partition coefficient (Wildman–Crippen LogP) is 4.47. The van der Waals surface area contributed by atoms with E-state index in [-0.39, 0.29) is 6.03 Å². The van der Waals surface area contributed by atoms with E-state index in [9.17, 15) is 4.79 Å². The zero-order chi connectivity index (χ0) is 15.5. The zero-order valence-corrected chi connectivity index (χ0v) is 12.6. The summed E-state index contributed by atoms with van der Waals surface area (Å²) in [6.45, 7) is 0. The average Bonchev–Trinajstić information content (AvgIpc) is 2.99. The van der Waals surface area contributed by atoms with E-state index in [0.717, 1.165) is 16.6 Å². The van der Waals surface area contributed by atoms with Gasteiger partial charge in [-0.25, -0.2) is 4.79 Å². The maximum Gasteiger partial charge on any atom is 0.323 e. The third kappa shape index (κ3) is 2.84. The number of hydrogen-bond donors (Lipinski definition) is 3. The van der Waals surface area contributed by atoms with Crippen LogP contribution in [0.4, 0.5) is 16.2 Å². The Hall–Kier alpha value is -2.66. The Bertz CT molecular complexity index is 829. The number of ether oxygens (including phenoxy) is 1. The quantitative estimate of drug-likeness (QED) is 0.667. The molecule has 0 saturated carbocycles. The van der Waals surface area contributed by atoms with Crippen molar-refractivity contribution in [2.24, 2.45) is 0 Å². The molecule has 1 heterocycles. The Morgan fingerprint density at radius 1 is 1.18 bits per heavy atom. The second-order valence-electron chi connectivity index (χ2n) is 4.67. The van der Waals surface area contributed by atoms with Crippen molar-refractivity contribution in [2.75, 3.05) is 17.7 Å². The van der Waals surface area contributed by atoms with Crippen molar-refractivity contribution in [1.29, 1.82) is 0 Å². The number of methoxy groups -OCH3 is 1. The normalized spacial score (nSPS) is 10.5. The molecule has 6 heteroatoms. The van der Waals surface area contributed by atoms with E-state index < -0.39 is 0 Å². The summed E-state index contributed by atoms with van der Waals surface area (Å²) in [4.78, 5) is 15.2. The molecule has 0 aliphatic heterocycles. The molecule has 0 aliphatic carbocycles. The highest BCUT2D eigenvalue weighted by Gasteiger charge is 2.08. The van der Waals surface area contributed by atoms with Crippen molar-refractivity contribution in [3.63, 3.8) is 0 Å². The van der Waals surface area contributed by atoms with E-state index in [1.807, 2.05) is 30.5 Å². The first-order valence-electron chi connectivity index (χ1n) is 6.65. The lowest BCUT2D eigenvalue weighted by Crippen LogP contribution is -2.19. The average molecular weight is 316 g/mol. The summed E-state index contributed by atoms with van der Waals surface area (Å²) in [5.74, 6) is 0.507. The number of hydrogen-bond acceptors (Lipinski definition) is 2. The van der Waals surface area contributed by atoms with Crippen LogP contribution in [0.5, 0.6) is 5.75 Å². The van der Waals surface area contributed by atoms with Gasteiger partial charge in [0.2, 0.25) is 0 Å². The number of carbonyl (C=O) groups is 1. The minimum Gasteiger partial charge on any atom is -0.495 e. The number of nitrogens with one attached hydrogen (secondary N) is 3. The molecule has 3 rings (SSSR count). The predicted molar refractivity (Wildman–Crippen MR) is 88.9 cm³/mol. The summed E-state index contributed by atoms with van der Waals surface area (Å²) in [5.41, 5.74) is 2.29. The van der Waals surface area contributed by atoms with Crippen LogP contribution in [0.15, 0.2) is 48.7 Å². The van der Waals surface area contributed by atoms with E-state index in [0.29, 0.717) is 16.5 Å². The van der Waals surface area contributed by atoms with Gasteiger partial charge in [0.1, 0.15) is 5.75 Å². The molecular weight excluding hydrogens is 302 g/mol. The van der Waals surface area contributed by atoms with Gasteiger partial charge in [-0.15, -0.1) is 0 Å². The maximum atomic E-state index is 12.1. The smallest absolute Gasteiger partial charge is 0.323 e. The summed E-state index contributed by atoms with van der Waals surface area (Å²) in [5, 5.41) is 7.02. The molecule has 3 N–H and O–H groups in total. The monoisotopic (exact) mass is 315 g/mol. The minimum atomic E-state index is -0.335. The molecular formula is C16H14ClN3O2. The Morgan fingerprint density at radius 2 is 2.05 bits per heavy atom. The SMILES string of the molecule is COc1cc(NC(=O)Nc2cccc3[nH]ccc23)ccc1Cl. The number of aromatic amines is 1. The fourth-order valence-corrected chi connectivity index (χ4v) is 2.41. The lowest BCUT2D eigenvalue weighted by atomic mass is 10.2. The molecule has 0 fully saturated rings. The van der Waals surface area contributed by atoms with Crippen LogP contribution in [-0.2, 0) is 0 Å². The van der Waals surface area contributed by atoms with E-state index in [2.05, 4.69) is 15.6 Å². The van der Waals surface area contributed by atoms with Gasteiger partial charge in [-0.3, -0.25) is 0 Å².